The van der Waals surface area contributed by atoms with Gasteiger partial charge in [-0.1, -0.05) is 6.92 Å². The Morgan fingerprint density at radius 2 is 1.94 bits per heavy atom. The Balaban J connectivity index is 3.68. The summed E-state index contributed by atoms with van der Waals surface area (Å²) < 4.78 is 48.4. The van der Waals surface area contributed by atoms with Crippen LogP contribution in [0.25, 0.3) is 0 Å². The van der Waals surface area contributed by atoms with E-state index in [1.165, 1.54) is 0 Å². The van der Waals surface area contributed by atoms with Crippen molar-refractivity contribution in [3.05, 3.63) is 28.8 Å². The molecule has 0 spiro atoms. The molecule has 4 nitrogen and oxygen atoms in total. The zero-order valence-electron chi connectivity index (χ0n) is 9.78. The predicted molar refractivity (Wildman–Crippen MR) is 60.8 cm³/mol. The summed E-state index contributed by atoms with van der Waals surface area (Å²) in [5.74, 6) is -1.57. The minimum atomic E-state index is -3.65. The van der Waals surface area contributed by atoms with Gasteiger partial charge in [0.05, 0.1) is 10.5 Å². The average Bonchev–Trinajstić information content (AvgIpc) is 2.25. The fourth-order valence-electron chi connectivity index (χ4n) is 1.63. The number of aromatic carboxylic acids is 1. The van der Waals surface area contributed by atoms with Gasteiger partial charge in [0, 0.05) is 11.8 Å². The first kappa shape index (κ1) is 14.6. The van der Waals surface area contributed by atoms with Crippen molar-refractivity contribution >= 4 is 15.8 Å². The maximum atomic E-state index is 12.7. The molecule has 0 heterocycles. The molecule has 0 atom stereocenters. The third-order valence-corrected chi connectivity index (χ3v) is 3.66. The second-order valence-corrected chi connectivity index (χ2v) is 5.76. The molecule has 1 aromatic rings. The highest BCUT2D eigenvalue weighted by Gasteiger charge is 2.23. The molecule has 0 unspecified atom stereocenters. The van der Waals surface area contributed by atoms with Gasteiger partial charge in [0.15, 0.2) is 9.84 Å². The monoisotopic (exact) mass is 278 g/mol. The lowest BCUT2D eigenvalue weighted by Gasteiger charge is -2.12. The first-order chi connectivity index (χ1) is 8.18. The fourth-order valence-corrected chi connectivity index (χ4v) is 2.64. The summed E-state index contributed by atoms with van der Waals surface area (Å²) in [6.07, 6.45) is -1.83. The molecule has 0 bridgehead atoms. The topological polar surface area (TPSA) is 71.4 Å². The number of benzene rings is 1. The molecular formula is C11H12F2O4S. The van der Waals surface area contributed by atoms with Crippen LogP contribution in [0.2, 0.25) is 0 Å². The van der Waals surface area contributed by atoms with Crippen molar-refractivity contribution in [1.82, 2.24) is 0 Å². The highest BCUT2D eigenvalue weighted by molar-refractivity contribution is 7.90. The third-order valence-electron chi connectivity index (χ3n) is 2.48. The SMILES string of the molecule is CCc1cc(C(F)F)c(C(=O)O)cc1S(C)(=O)=O. The summed E-state index contributed by atoms with van der Waals surface area (Å²) in [6.45, 7) is 1.61. The van der Waals surface area contributed by atoms with Crippen molar-refractivity contribution in [2.75, 3.05) is 6.26 Å². The first-order valence-electron chi connectivity index (χ1n) is 5.06. The maximum absolute atomic E-state index is 12.7. The zero-order valence-corrected chi connectivity index (χ0v) is 10.6. The number of aryl methyl sites for hydroxylation is 1. The van der Waals surface area contributed by atoms with E-state index in [1.54, 1.807) is 6.92 Å². The summed E-state index contributed by atoms with van der Waals surface area (Å²) in [5, 5.41) is 8.84. The van der Waals surface area contributed by atoms with E-state index < -0.39 is 33.4 Å². The standard InChI is InChI=1S/C11H12F2O4S/c1-3-6-4-7(10(12)13)8(11(14)15)5-9(6)18(2,16)17/h4-5,10H,3H2,1-2H3,(H,14,15). The molecule has 0 aromatic heterocycles. The van der Waals surface area contributed by atoms with Crippen LogP contribution in [-0.4, -0.2) is 25.7 Å². The minimum absolute atomic E-state index is 0.192. The van der Waals surface area contributed by atoms with E-state index >= 15 is 0 Å². The van der Waals surface area contributed by atoms with Crippen molar-refractivity contribution < 1.29 is 27.1 Å². The van der Waals surface area contributed by atoms with Crippen LogP contribution in [0, 0.1) is 0 Å². The van der Waals surface area contributed by atoms with Crippen molar-refractivity contribution in [2.45, 2.75) is 24.7 Å². The Morgan fingerprint density at radius 1 is 1.39 bits per heavy atom. The molecule has 0 saturated heterocycles. The molecule has 0 aliphatic heterocycles. The van der Waals surface area contributed by atoms with E-state index in [4.69, 9.17) is 5.11 Å². The Hall–Kier alpha value is -1.50. The van der Waals surface area contributed by atoms with Crippen LogP contribution >= 0.6 is 0 Å². The lowest BCUT2D eigenvalue weighted by molar-refractivity contribution is 0.0684. The number of sulfone groups is 1. The van der Waals surface area contributed by atoms with Crippen molar-refractivity contribution in [2.24, 2.45) is 0 Å². The van der Waals surface area contributed by atoms with E-state index in [1.807, 2.05) is 0 Å². The number of hydrogen-bond donors (Lipinski definition) is 1. The number of rotatable bonds is 4. The first-order valence-corrected chi connectivity index (χ1v) is 6.96. The van der Waals surface area contributed by atoms with Crippen molar-refractivity contribution in [3.8, 4) is 0 Å². The summed E-state index contributed by atoms with van der Waals surface area (Å²) >= 11 is 0. The number of alkyl halides is 2. The molecule has 1 N–H and O–H groups in total. The average molecular weight is 278 g/mol. The molecule has 100 valence electrons. The number of carboxylic acids is 1. The second-order valence-electron chi connectivity index (χ2n) is 3.78. The van der Waals surface area contributed by atoms with Crippen LogP contribution < -0.4 is 0 Å². The van der Waals surface area contributed by atoms with Crippen LogP contribution in [0.4, 0.5) is 8.78 Å². The fraction of sp³-hybridized carbons (Fsp3) is 0.364. The molecule has 1 rings (SSSR count). The van der Waals surface area contributed by atoms with Crippen LogP contribution in [0.3, 0.4) is 0 Å². The highest BCUT2D eigenvalue weighted by atomic mass is 32.2. The molecule has 0 fully saturated rings. The highest BCUT2D eigenvalue weighted by Crippen LogP contribution is 2.29. The largest absolute Gasteiger partial charge is 0.478 e. The summed E-state index contributed by atoms with van der Waals surface area (Å²) in [7, 11) is -3.65. The molecule has 0 saturated carbocycles. The summed E-state index contributed by atoms with van der Waals surface area (Å²) in [5.41, 5.74) is -1.15. The van der Waals surface area contributed by atoms with E-state index in [0.29, 0.717) is 0 Å². The van der Waals surface area contributed by atoms with E-state index in [-0.39, 0.29) is 16.9 Å². The normalized spacial score (nSPS) is 11.8. The van der Waals surface area contributed by atoms with Gasteiger partial charge in [0.2, 0.25) is 0 Å². The van der Waals surface area contributed by atoms with Gasteiger partial charge in [-0.25, -0.2) is 22.0 Å². The van der Waals surface area contributed by atoms with Crippen LogP contribution in [0.15, 0.2) is 17.0 Å². The van der Waals surface area contributed by atoms with E-state index in [0.717, 1.165) is 18.4 Å². The van der Waals surface area contributed by atoms with Crippen molar-refractivity contribution in [3.63, 3.8) is 0 Å². The smallest absolute Gasteiger partial charge is 0.336 e. The van der Waals surface area contributed by atoms with Crippen LogP contribution in [0.1, 0.15) is 34.8 Å². The maximum Gasteiger partial charge on any atom is 0.336 e. The molecular weight excluding hydrogens is 266 g/mol. The van der Waals surface area contributed by atoms with Gasteiger partial charge in [0.25, 0.3) is 6.43 Å². The van der Waals surface area contributed by atoms with E-state index in [9.17, 15) is 22.0 Å². The zero-order chi connectivity index (χ0) is 14.1. The molecule has 0 radical (unpaired) electrons. The molecule has 0 aliphatic rings. The summed E-state index contributed by atoms with van der Waals surface area (Å²) in [6, 6.07) is 1.75. The number of carboxylic acid groups (broad SMARTS) is 1. The minimum Gasteiger partial charge on any atom is -0.478 e. The van der Waals surface area contributed by atoms with Gasteiger partial charge in [-0.15, -0.1) is 0 Å². The summed E-state index contributed by atoms with van der Waals surface area (Å²) in [4.78, 5) is 10.7. The predicted octanol–water partition coefficient (Wildman–Crippen LogP) is 2.29. The van der Waals surface area contributed by atoms with Gasteiger partial charge in [-0.2, -0.15) is 0 Å². The Labute approximate surface area is 103 Å². The van der Waals surface area contributed by atoms with Gasteiger partial charge in [-0.05, 0) is 24.1 Å². The molecule has 0 amide bonds. The van der Waals surface area contributed by atoms with Gasteiger partial charge < -0.3 is 5.11 Å². The number of carbonyl (C=O) groups is 1. The lowest BCUT2D eigenvalue weighted by Crippen LogP contribution is -2.09. The Morgan fingerprint density at radius 3 is 2.28 bits per heavy atom. The van der Waals surface area contributed by atoms with Gasteiger partial charge in [0.1, 0.15) is 0 Å². The Kier molecular flexibility index (Phi) is 4.05. The second kappa shape index (κ2) is 5.01. The van der Waals surface area contributed by atoms with Gasteiger partial charge in [-0.3, -0.25) is 0 Å². The van der Waals surface area contributed by atoms with Crippen molar-refractivity contribution in [1.29, 1.82) is 0 Å². The van der Waals surface area contributed by atoms with E-state index in [2.05, 4.69) is 0 Å². The quantitative estimate of drug-likeness (QED) is 0.917. The molecule has 7 heteroatoms. The molecule has 0 aliphatic carbocycles. The number of halogens is 2. The molecule has 1 aromatic carbocycles. The Bertz CT molecular complexity index is 579. The molecule has 18 heavy (non-hydrogen) atoms. The third kappa shape index (κ3) is 2.84. The van der Waals surface area contributed by atoms with Crippen LogP contribution in [-0.2, 0) is 16.3 Å². The number of hydrogen-bond acceptors (Lipinski definition) is 3. The van der Waals surface area contributed by atoms with Gasteiger partial charge >= 0.3 is 5.97 Å². The van der Waals surface area contributed by atoms with Crippen LogP contribution in [0.5, 0.6) is 0 Å². The lowest BCUT2D eigenvalue weighted by atomic mass is 10.0.